The van der Waals surface area contributed by atoms with Crippen LogP contribution in [0.4, 0.5) is 5.69 Å². The zero-order valence-electron chi connectivity index (χ0n) is 16.0. The van der Waals surface area contributed by atoms with E-state index in [1.54, 1.807) is 4.90 Å². The lowest BCUT2D eigenvalue weighted by molar-refractivity contribution is -0.910. The van der Waals surface area contributed by atoms with E-state index in [1.807, 2.05) is 31.2 Å². The number of piperidine rings is 1. The second kappa shape index (κ2) is 9.53. The Labute approximate surface area is 162 Å². The van der Waals surface area contributed by atoms with E-state index in [4.69, 9.17) is 21.7 Å². The summed E-state index contributed by atoms with van der Waals surface area (Å²) in [6, 6.07) is 8.70. The van der Waals surface area contributed by atoms with Crippen LogP contribution < -0.4 is 15.0 Å². The Morgan fingerprint density at radius 1 is 1.27 bits per heavy atom. The molecule has 0 saturated carbocycles. The summed E-state index contributed by atoms with van der Waals surface area (Å²) >= 11 is 5.62. The predicted molar refractivity (Wildman–Crippen MR) is 109 cm³/mol. The molecule has 2 fully saturated rings. The van der Waals surface area contributed by atoms with Crippen molar-refractivity contribution in [2.24, 2.45) is 0 Å². The molecule has 2 saturated heterocycles. The maximum atomic E-state index is 5.79. The molecule has 0 aliphatic carbocycles. The molecule has 2 aliphatic rings. The van der Waals surface area contributed by atoms with Crippen LogP contribution in [0, 0.1) is 0 Å². The van der Waals surface area contributed by atoms with Gasteiger partial charge in [0.2, 0.25) is 0 Å². The molecule has 2 aliphatic heterocycles. The highest BCUT2D eigenvalue weighted by atomic mass is 32.1. The third kappa shape index (κ3) is 5.32. The summed E-state index contributed by atoms with van der Waals surface area (Å²) in [7, 11) is 2.32. The molecule has 3 rings (SSSR count). The summed E-state index contributed by atoms with van der Waals surface area (Å²) in [6.07, 6.45) is 5.29. The lowest BCUT2D eigenvalue weighted by Crippen LogP contribution is -3.14. The van der Waals surface area contributed by atoms with Gasteiger partial charge in [-0.1, -0.05) is 0 Å². The molecule has 0 aromatic heterocycles. The Morgan fingerprint density at radius 3 is 2.62 bits per heavy atom. The van der Waals surface area contributed by atoms with Crippen molar-refractivity contribution < 1.29 is 14.4 Å². The highest BCUT2D eigenvalue weighted by molar-refractivity contribution is 7.80. The molecule has 26 heavy (non-hydrogen) atoms. The number of likely N-dealkylation sites (tertiary alicyclic amines) is 1. The number of anilines is 1. The molecule has 1 aromatic rings. The van der Waals surface area contributed by atoms with Crippen molar-refractivity contribution in [3.05, 3.63) is 24.3 Å². The quantitative estimate of drug-likeness (QED) is 0.740. The first-order valence-corrected chi connectivity index (χ1v) is 10.3. The Hall–Kier alpha value is -1.37. The van der Waals surface area contributed by atoms with Crippen molar-refractivity contribution in [1.82, 2.24) is 4.90 Å². The average molecular weight is 379 g/mol. The average Bonchev–Trinajstić information content (AvgIpc) is 3.16. The molecule has 6 heteroatoms. The van der Waals surface area contributed by atoms with Gasteiger partial charge in [-0.05, 0) is 56.2 Å². The summed E-state index contributed by atoms with van der Waals surface area (Å²) in [4.78, 5) is 3.91. The van der Waals surface area contributed by atoms with Gasteiger partial charge in [-0.15, -0.1) is 0 Å². The number of nitrogens with zero attached hydrogens (tertiary/aromatic N) is 1. The fourth-order valence-corrected chi connectivity index (χ4v) is 4.21. The second-order valence-corrected chi connectivity index (χ2v) is 7.72. The van der Waals surface area contributed by atoms with Gasteiger partial charge in [-0.2, -0.15) is 0 Å². The highest BCUT2D eigenvalue weighted by Crippen LogP contribution is 2.17. The minimum Gasteiger partial charge on any atom is -0.494 e. The summed E-state index contributed by atoms with van der Waals surface area (Å²) < 4.78 is 11.3. The first kappa shape index (κ1) is 19.4. The van der Waals surface area contributed by atoms with E-state index in [9.17, 15) is 0 Å². The molecular formula is C20H32N3O2S+. The normalized spacial score (nSPS) is 22.2. The maximum Gasteiger partial charge on any atom is 0.173 e. The van der Waals surface area contributed by atoms with E-state index >= 15 is 0 Å². The van der Waals surface area contributed by atoms with Crippen molar-refractivity contribution in [3.8, 4) is 5.75 Å². The first-order chi connectivity index (χ1) is 12.7. The standard InChI is InChI=1S/C20H31N3O2S/c1-3-24-18-8-6-16(7-9-18)21-20(26)23-12-10-17(11-13-23)22(2)15-19-5-4-14-25-19/h6-9,17,19H,3-5,10-15H2,1-2H3,(H,21,26)/p+1. The Kier molecular flexibility index (Phi) is 7.11. The van der Waals surface area contributed by atoms with Crippen LogP contribution in [-0.2, 0) is 4.74 Å². The molecule has 144 valence electrons. The fourth-order valence-electron chi connectivity index (χ4n) is 3.91. The minimum atomic E-state index is 0.468. The molecule has 2 atom stereocenters. The Balaban J connectivity index is 1.42. The van der Waals surface area contributed by atoms with Gasteiger partial charge in [0.15, 0.2) is 5.11 Å². The van der Waals surface area contributed by atoms with E-state index in [0.29, 0.717) is 18.8 Å². The number of thiocarbonyl (C=S) groups is 1. The van der Waals surface area contributed by atoms with Crippen LogP contribution in [0.25, 0.3) is 0 Å². The van der Waals surface area contributed by atoms with Gasteiger partial charge >= 0.3 is 0 Å². The minimum absolute atomic E-state index is 0.468. The number of likely N-dealkylation sites (N-methyl/N-ethyl adjacent to an activating group) is 1. The number of benzene rings is 1. The van der Waals surface area contributed by atoms with Crippen molar-refractivity contribution >= 4 is 23.0 Å². The van der Waals surface area contributed by atoms with Gasteiger partial charge in [-0.3, -0.25) is 0 Å². The zero-order valence-corrected chi connectivity index (χ0v) is 16.8. The van der Waals surface area contributed by atoms with Crippen LogP contribution in [0.2, 0.25) is 0 Å². The number of quaternary nitrogens is 1. The van der Waals surface area contributed by atoms with Gasteiger partial charge in [-0.25, -0.2) is 0 Å². The van der Waals surface area contributed by atoms with Crippen LogP contribution in [0.15, 0.2) is 24.3 Å². The molecule has 0 bridgehead atoms. The fraction of sp³-hybridized carbons (Fsp3) is 0.650. The predicted octanol–water partition coefficient (Wildman–Crippen LogP) is 1.94. The van der Waals surface area contributed by atoms with Crippen LogP contribution in [-0.4, -0.2) is 62.1 Å². The SMILES string of the molecule is CCOc1ccc(NC(=S)N2CCC([NH+](C)CC3CCCO3)CC2)cc1. The summed E-state index contributed by atoms with van der Waals surface area (Å²) in [6.45, 7) is 6.81. The molecule has 2 heterocycles. The Morgan fingerprint density at radius 2 is 2.00 bits per heavy atom. The van der Waals surface area contributed by atoms with Crippen molar-refractivity contribution in [3.63, 3.8) is 0 Å². The van der Waals surface area contributed by atoms with Crippen molar-refractivity contribution in [2.75, 3.05) is 45.2 Å². The molecule has 2 N–H and O–H groups in total. The zero-order chi connectivity index (χ0) is 18.4. The number of hydrogen-bond donors (Lipinski definition) is 2. The van der Waals surface area contributed by atoms with Gasteiger partial charge in [0.25, 0.3) is 0 Å². The van der Waals surface area contributed by atoms with Crippen LogP contribution in [0.5, 0.6) is 5.75 Å². The topological polar surface area (TPSA) is 38.2 Å². The Bertz CT molecular complexity index is 567. The number of nitrogens with one attached hydrogen (secondary N) is 2. The molecule has 0 radical (unpaired) electrons. The smallest absolute Gasteiger partial charge is 0.173 e. The highest BCUT2D eigenvalue weighted by Gasteiger charge is 2.29. The summed E-state index contributed by atoms with van der Waals surface area (Å²) in [5, 5.41) is 4.18. The van der Waals surface area contributed by atoms with E-state index in [0.717, 1.165) is 42.8 Å². The number of rotatable bonds is 6. The first-order valence-electron chi connectivity index (χ1n) is 9.88. The van der Waals surface area contributed by atoms with E-state index in [1.165, 1.54) is 25.7 Å². The monoisotopic (exact) mass is 378 g/mol. The van der Waals surface area contributed by atoms with Crippen LogP contribution >= 0.6 is 12.2 Å². The van der Waals surface area contributed by atoms with Crippen molar-refractivity contribution in [1.29, 1.82) is 0 Å². The number of hydrogen-bond acceptors (Lipinski definition) is 3. The van der Waals surface area contributed by atoms with Gasteiger partial charge in [0.1, 0.15) is 18.4 Å². The third-order valence-corrected chi connectivity index (χ3v) is 5.83. The molecule has 0 amide bonds. The van der Waals surface area contributed by atoms with Crippen LogP contribution in [0.1, 0.15) is 32.6 Å². The van der Waals surface area contributed by atoms with E-state index in [2.05, 4.69) is 17.3 Å². The number of ether oxygens (including phenoxy) is 2. The van der Waals surface area contributed by atoms with Crippen LogP contribution in [0.3, 0.4) is 0 Å². The molecule has 1 aromatic carbocycles. The third-order valence-electron chi connectivity index (χ3n) is 5.47. The summed E-state index contributed by atoms with van der Waals surface area (Å²) in [5.74, 6) is 0.891. The van der Waals surface area contributed by atoms with Gasteiger partial charge in [0, 0.05) is 38.2 Å². The molecule has 0 spiro atoms. The lowest BCUT2D eigenvalue weighted by Gasteiger charge is -2.36. The molecule has 5 nitrogen and oxygen atoms in total. The van der Waals surface area contributed by atoms with Gasteiger partial charge in [0.05, 0.1) is 19.7 Å². The van der Waals surface area contributed by atoms with Crippen molar-refractivity contribution in [2.45, 2.75) is 44.8 Å². The van der Waals surface area contributed by atoms with E-state index < -0.39 is 0 Å². The van der Waals surface area contributed by atoms with E-state index in [-0.39, 0.29) is 0 Å². The van der Waals surface area contributed by atoms with Gasteiger partial charge < -0.3 is 24.6 Å². The second-order valence-electron chi connectivity index (χ2n) is 7.33. The lowest BCUT2D eigenvalue weighted by atomic mass is 10.0. The largest absolute Gasteiger partial charge is 0.494 e. The maximum absolute atomic E-state index is 5.79. The summed E-state index contributed by atoms with van der Waals surface area (Å²) in [5.41, 5.74) is 1.02. The molecule has 2 unspecified atom stereocenters. The molecular weight excluding hydrogens is 346 g/mol.